The van der Waals surface area contributed by atoms with Crippen LogP contribution < -0.4 is 4.74 Å². The highest BCUT2D eigenvalue weighted by atomic mass is 16.5. The van der Waals surface area contributed by atoms with Crippen LogP contribution in [0.15, 0.2) is 31.1 Å². The average Bonchev–Trinajstić information content (AvgIpc) is 2.06. The Labute approximate surface area is 72.9 Å². The van der Waals surface area contributed by atoms with Gasteiger partial charge in [0.15, 0.2) is 0 Å². The van der Waals surface area contributed by atoms with Gasteiger partial charge in [-0.1, -0.05) is 6.08 Å². The summed E-state index contributed by atoms with van der Waals surface area (Å²) in [5.41, 5.74) is 1.14. The number of allylic oxidation sites excluding steroid dienone is 1. The van der Waals surface area contributed by atoms with Crippen LogP contribution in [-0.2, 0) is 6.42 Å². The van der Waals surface area contributed by atoms with E-state index in [2.05, 4.69) is 11.6 Å². The maximum absolute atomic E-state index is 5.30. The minimum atomic E-state index is 0.680. The lowest BCUT2D eigenvalue weighted by atomic mass is 10.2. The summed E-state index contributed by atoms with van der Waals surface area (Å²) in [4.78, 5) is 4.05. The lowest BCUT2D eigenvalue weighted by Crippen LogP contribution is -1.93. The standard InChI is InChI=1S/C10H13NO/c1-3-5-9-6-10(12-4-2)8-11-7-9/h3,6-8H,1,4-5H2,2H3. The predicted molar refractivity (Wildman–Crippen MR) is 49.3 cm³/mol. The van der Waals surface area contributed by atoms with Gasteiger partial charge in [0.1, 0.15) is 5.75 Å². The molecule has 1 rings (SSSR count). The van der Waals surface area contributed by atoms with Gasteiger partial charge in [0.25, 0.3) is 0 Å². The molecule has 0 fully saturated rings. The van der Waals surface area contributed by atoms with Crippen LogP contribution in [0, 0.1) is 0 Å². The number of ether oxygens (including phenoxy) is 1. The highest BCUT2D eigenvalue weighted by molar-refractivity contribution is 5.24. The molecule has 2 nitrogen and oxygen atoms in total. The van der Waals surface area contributed by atoms with Crippen LogP contribution in [0.25, 0.3) is 0 Å². The van der Waals surface area contributed by atoms with Crippen molar-refractivity contribution in [2.24, 2.45) is 0 Å². The van der Waals surface area contributed by atoms with Gasteiger partial charge >= 0.3 is 0 Å². The summed E-state index contributed by atoms with van der Waals surface area (Å²) >= 11 is 0. The minimum Gasteiger partial charge on any atom is -0.492 e. The molecule has 0 spiro atoms. The third-order valence-electron chi connectivity index (χ3n) is 1.46. The van der Waals surface area contributed by atoms with Gasteiger partial charge < -0.3 is 4.74 Å². The normalized spacial score (nSPS) is 9.42. The number of aromatic nitrogens is 1. The van der Waals surface area contributed by atoms with E-state index in [0.717, 1.165) is 17.7 Å². The molecule has 0 aliphatic carbocycles. The van der Waals surface area contributed by atoms with Crippen LogP contribution in [0.2, 0.25) is 0 Å². The third-order valence-corrected chi connectivity index (χ3v) is 1.46. The van der Waals surface area contributed by atoms with E-state index in [1.807, 2.05) is 25.3 Å². The first-order valence-corrected chi connectivity index (χ1v) is 4.04. The van der Waals surface area contributed by atoms with Gasteiger partial charge in [0.2, 0.25) is 0 Å². The van der Waals surface area contributed by atoms with Gasteiger partial charge in [0.05, 0.1) is 12.8 Å². The first-order chi connectivity index (χ1) is 5.86. The Morgan fingerprint density at radius 3 is 3.08 bits per heavy atom. The van der Waals surface area contributed by atoms with Gasteiger partial charge in [0, 0.05) is 6.20 Å². The Hall–Kier alpha value is -1.31. The highest BCUT2D eigenvalue weighted by Gasteiger charge is 1.94. The van der Waals surface area contributed by atoms with Crippen molar-refractivity contribution >= 4 is 0 Å². The molecule has 0 bridgehead atoms. The minimum absolute atomic E-state index is 0.680. The second-order valence-corrected chi connectivity index (χ2v) is 2.45. The molecule has 0 saturated heterocycles. The smallest absolute Gasteiger partial charge is 0.137 e. The molecule has 1 aromatic heterocycles. The molecule has 0 radical (unpaired) electrons. The van der Waals surface area contributed by atoms with Crippen molar-refractivity contribution in [3.63, 3.8) is 0 Å². The predicted octanol–water partition coefficient (Wildman–Crippen LogP) is 2.21. The van der Waals surface area contributed by atoms with Gasteiger partial charge in [-0.25, -0.2) is 0 Å². The van der Waals surface area contributed by atoms with E-state index < -0.39 is 0 Å². The summed E-state index contributed by atoms with van der Waals surface area (Å²) in [5.74, 6) is 0.830. The zero-order valence-corrected chi connectivity index (χ0v) is 7.29. The van der Waals surface area contributed by atoms with Crippen LogP contribution in [0.5, 0.6) is 5.75 Å². The molecule has 1 aromatic rings. The quantitative estimate of drug-likeness (QED) is 0.635. The van der Waals surface area contributed by atoms with E-state index in [1.54, 1.807) is 6.20 Å². The Bertz CT molecular complexity index is 258. The molecule has 64 valence electrons. The van der Waals surface area contributed by atoms with Gasteiger partial charge in [-0.15, -0.1) is 6.58 Å². The SMILES string of the molecule is C=CCc1cncc(OCC)c1. The Kier molecular flexibility index (Phi) is 3.33. The van der Waals surface area contributed by atoms with Crippen LogP contribution in [0.3, 0.4) is 0 Å². The fraction of sp³-hybridized carbons (Fsp3) is 0.300. The van der Waals surface area contributed by atoms with Crippen LogP contribution in [0.4, 0.5) is 0 Å². The highest BCUT2D eigenvalue weighted by Crippen LogP contribution is 2.11. The molecule has 0 saturated carbocycles. The molecular weight excluding hydrogens is 150 g/mol. The summed E-state index contributed by atoms with van der Waals surface area (Å²) in [6.45, 7) is 6.30. The average molecular weight is 163 g/mol. The molecule has 0 amide bonds. The van der Waals surface area contributed by atoms with Crippen molar-refractivity contribution in [2.45, 2.75) is 13.3 Å². The van der Waals surface area contributed by atoms with Crippen molar-refractivity contribution in [1.29, 1.82) is 0 Å². The van der Waals surface area contributed by atoms with Crippen LogP contribution in [-0.4, -0.2) is 11.6 Å². The van der Waals surface area contributed by atoms with Crippen LogP contribution in [0.1, 0.15) is 12.5 Å². The van der Waals surface area contributed by atoms with E-state index in [4.69, 9.17) is 4.74 Å². The van der Waals surface area contributed by atoms with Gasteiger partial charge in [-0.3, -0.25) is 4.98 Å². The lowest BCUT2D eigenvalue weighted by Gasteiger charge is -2.02. The van der Waals surface area contributed by atoms with Crippen molar-refractivity contribution in [3.8, 4) is 5.75 Å². The largest absolute Gasteiger partial charge is 0.492 e. The number of hydrogen-bond donors (Lipinski definition) is 0. The summed E-state index contributed by atoms with van der Waals surface area (Å²) in [6, 6.07) is 1.98. The molecule has 0 aliphatic heterocycles. The molecule has 0 atom stereocenters. The fourth-order valence-corrected chi connectivity index (χ4v) is 0.988. The molecule has 0 aliphatic rings. The van der Waals surface area contributed by atoms with E-state index in [-0.39, 0.29) is 0 Å². The third kappa shape index (κ3) is 2.38. The van der Waals surface area contributed by atoms with E-state index in [1.165, 1.54) is 0 Å². The molecule has 0 N–H and O–H groups in total. The fourth-order valence-electron chi connectivity index (χ4n) is 0.988. The van der Waals surface area contributed by atoms with E-state index in [0.29, 0.717) is 6.61 Å². The Morgan fingerprint density at radius 1 is 1.58 bits per heavy atom. The molecule has 2 heteroatoms. The second-order valence-electron chi connectivity index (χ2n) is 2.45. The molecule has 12 heavy (non-hydrogen) atoms. The van der Waals surface area contributed by atoms with Gasteiger partial charge in [-0.05, 0) is 25.0 Å². The number of pyridine rings is 1. The number of nitrogens with zero attached hydrogens (tertiary/aromatic N) is 1. The number of rotatable bonds is 4. The van der Waals surface area contributed by atoms with Crippen LogP contribution >= 0.6 is 0 Å². The van der Waals surface area contributed by atoms with E-state index in [9.17, 15) is 0 Å². The molecule has 0 unspecified atom stereocenters. The summed E-state index contributed by atoms with van der Waals surface area (Å²) in [6.07, 6.45) is 6.24. The first-order valence-electron chi connectivity index (χ1n) is 4.04. The topological polar surface area (TPSA) is 22.1 Å². The van der Waals surface area contributed by atoms with E-state index >= 15 is 0 Å². The molecule has 0 aromatic carbocycles. The van der Waals surface area contributed by atoms with Gasteiger partial charge in [-0.2, -0.15) is 0 Å². The van der Waals surface area contributed by atoms with Crippen molar-refractivity contribution in [2.75, 3.05) is 6.61 Å². The summed E-state index contributed by atoms with van der Waals surface area (Å²) in [7, 11) is 0. The Balaban J connectivity index is 2.73. The van der Waals surface area contributed by atoms with Crippen molar-refractivity contribution in [1.82, 2.24) is 4.98 Å². The zero-order chi connectivity index (χ0) is 8.81. The Morgan fingerprint density at radius 2 is 2.42 bits per heavy atom. The summed E-state index contributed by atoms with van der Waals surface area (Å²) in [5, 5.41) is 0. The second kappa shape index (κ2) is 4.54. The zero-order valence-electron chi connectivity index (χ0n) is 7.29. The molecule has 1 heterocycles. The van der Waals surface area contributed by atoms with Crippen molar-refractivity contribution < 1.29 is 4.74 Å². The number of hydrogen-bond acceptors (Lipinski definition) is 2. The van der Waals surface area contributed by atoms with Crippen molar-refractivity contribution in [3.05, 3.63) is 36.7 Å². The monoisotopic (exact) mass is 163 g/mol. The summed E-state index contributed by atoms with van der Waals surface area (Å²) < 4.78 is 5.30. The molecular formula is C10H13NO. The first kappa shape index (κ1) is 8.78. The lowest BCUT2D eigenvalue weighted by molar-refractivity contribution is 0.338. The maximum Gasteiger partial charge on any atom is 0.137 e. The maximum atomic E-state index is 5.30.